The van der Waals surface area contributed by atoms with Crippen LogP contribution in [-0.2, 0) is 0 Å². The van der Waals surface area contributed by atoms with Gasteiger partial charge in [0.25, 0.3) is 5.91 Å². The quantitative estimate of drug-likeness (QED) is 0.722. The number of nitrogen functional groups attached to an aromatic ring is 1. The highest BCUT2D eigenvalue weighted by Gasteiger charge is 2.49. The van der Waals surface area contributed by atoms with Crippen molar-refractivity contribution in [1.29, 1.82) is 0 Å². The van der Waals surface area contributed by atoms with Gasteiger partial charge in [-0.1, -0.05) is 30.3 Å². The molecule has 1 amide bonds. The SMILES string of the molecule is Cc1cc(C(=O)N2C[C@@H]3CN(c4ccnc(N)n4)C[C@@H]3[C@H]2c2ccccc2)c(C)o1. The van der Waals surface area contributed by atoms with Crippen molar-refractivity contribution < 1.29 is 9.21 Å². The van der Waals surface area contributed by atoms with Gasteiger partial charge in [-0.3, -0.25) is 4.79 Å². The smallest absolute Gasteiger partial charge is 0.257 e. The van der Waals surface area contributed by atoms with Gasteiger partial charge in [0.05, 0.1) is 11.6 Å². The number of carbonyl (C=O) groups is 1. The van der Waals surface area contributed by atoms with Gasteiger partial charge in [-0.2, -0.15) is 4.98 Å². The number of aromatic nitrogens is 2. The lowest BCUT2D eigenvalue weighted by Gasteiger charge is -2.30. The van der Waals surface area contributed by atoms with E-state index in [0.29, 0.717) is 29.7 Å². The van der Waals surface area contributed by atoms with Crippen LogP contribution in [0.25, 0.3) is 0 Å². The molecule has 1 aromatic carbocycles. The average Bonchev–Trinajstić information content (AvgIpc) is 3.40. The fourth-order valence-corrected chi connectivity index (χ4v) is 5.06. The molecule has 2 fully saturated rings. The van der Waals surface area contributed by atoms with E-state index in [1.165, 1.54) is 5.56 Å². The zero-order chi connectivity index (χ0) is 20.8. The lowest BCUT2D eigenvalue weighted by atomic mass is 9.89. The van der Waals surface area contributed by atoms with Gasteiger partial charge in [-0.05, 0) is 31.5 Å². The van der Waals surface area contributed by atoms with E-state index in [4.69, 9.17) is 10.2 Å². The number of aryl methyl sites for hydroxylation is 2. The van der Waals surface area contributed by atoms with Crippen LogP contribution < -0.4 is 10.6 Å². The Bertz CT molecular complexity index is 1080. The maximum atomic E-state index is 13.5. The minimum absolute atomic E-state index is 0.0162. The van der Waals surface area contributed by atoms with Crippen molar-refractivity contribution in [2.75, 3.05) is 30.3 Å². The van der Waals surface area contributed by atoms with Crippen LogP contribution in [0.2, 0.25) is 0 Å². The average molecular weight is 403 g/mol. The van der Waals surface area contributed by atoms with Crippen molar-refractivity contribution in [2.24, 2.45) is 11.8 Å². The van der Waals surface area contributed by atoms with Gasteiger partial charge in [0.1, 0.15) is 17.3 Å². The number of amides is 1. The number of hydrogen-bond acceptors (Lipinski definition) is 6. The molecule has 2 N–H and O–H groups in total. The van der Waals surface area contributed by atoms with E-state index in [1.54, 1.807) is 6.20 Å². The number of hydrogen-bond donors (Lipinski definition) is 1. The molecule has 0 spiro atoms. The van der Waals surface area contributed by atoms with E-state index in [2.05, 4.69) is 27.0 Å². The van der Waals surface area contributed by atoms with E-state index in [-0.39, 0.29) is 17.9 Å². The molecule has 30 heavy (non-hydrogen) atoms. The first kappa shape index (κ1) is 18.7. The Balaban J connectivity index is 1.48. The van der Waals surface area contributed by atoms with Crippen LogP contribution in [-0.4, -0.2) is 40.4 Å². The van der Waals surface area contributed by atoms with Crippen LogP contribution in [0.5, 0.6) is 0 Å². The van der Waals surface area contributed by atoms with Gasteiger partial charge in [-0.15, -0.1) is 0 Å². The van der Waals surface area contributed by atoms with Crippen LogP contribution in [0.3, 0.4) is 0 Å². The second-order valence-electron chi connectivity index (χ2n) is 8.24. The molecule has 0 saturated carbocycles. The third-order valence-corrected chi connectivity index (χ3v) is 6.32. The largest absolute Gasteiger partial charge is 0.466 e. The highest BCUT2D eigenvalue weighted by atomic mass is 16.3. The number of nitrogens with zero attached hydrogens (tertiary/aromatic N) is 4. The van der Waals surface area contributed by atoms with Gasteiger partial charge in [0, 0.05) is 37.7 Å². The summed E-state index contributed by atoms with van der Waals surface area (Å²) >= 11 is 0. The summed E-state index contributed by atoms with van der Waals surface area (Å²) in [5.74, 6) is 3.31. The highest BCUT2D eigenvalue weighted by Crippen LogP contribution is 2.46. The van der Waals surface area contributed by atoms with Crippen molar-refractivity contribution in [3.8, 4) is 0 Å². The normalized spacial score (nSPS) is 23.1. The van der Waals surface area contributed by atoms with Crippen LogP contribution in [0.15, 0.2) is 53.1 Å². The highest BCUT2D eigenvalue weighted by molar-refractivity contribution is 5.96. The van der Waals surface area contributed by atoms with Gasteiger partial charge < -0.3 is 20.0 Å². The first-order valence-electron chi connectivity index (χ1n) is 10.3. The minimum Gasteiger partial charge on any atom is -0.466 e. The molecule has 154 valence electrons. The molecule has 3 aromatic rings. The number of anilines is 2. The molecule has 0 aliphatic carbocycles. The van der Waals surface area contributed by atoms with E-state index >= 15 is 0 Å². The minimum atomic E-state index is 0.0162. The number of furan rings is 1. The molecule has 2 aliphatic rings. The third kappa shape index (κ3) is 3.10. The molecule has 7 heteroatoms. The Kier molecular flexibility index (Phi) is 4.46. The molecule has 2 aliphatic heterocycles. The maximum absolute atomic E-state index is 13.5. The standard InChI is InChI=1S/C23H25N5O2/c1-14-10-18(15(2)30-14)22(29)28-12-17-11-27(20-8-9-25-23(24)26-20)13-19(17)21(28)16-6-4-3-5-7-16/h3-10,17,19,21H,11-13H2,1-2H3,(H2,24,25,26)/t17-,19-,21+/m0/s1. The summed E-state index contributed by atoms with van der Waals surface area (Å²) in [6.45, 7) is 6.12. The fourth-order valence-electron chi connectivity index (χ4n) is 5.06. The number of rotatable bonds is 3. The molecule has 4 heterocycles. The summed E-state index contributed by atoms with van der Waals surface area (Å²) in [5, 5.41) is 0. The van der Waals surface area contributed by atoms with Gasteiger partial charge in [-0.25, -0.2) is 4.98 Å². The van der Waals surface area contributed by atoms with Crippen molar-refractivity contribution in [2.45, 2.75) is 19.9 Å². The first-order valence-corrected chi connectivity index (χ1v) is 10.3. The monoisotopic (exact) mass is 403 g/mol. The summed E-state index contributed by atoms with van der Waals surface area (Å²) in [6.07, 6.45) is 1.69. The molecule has 7 nitrogen and oxygen atoms in total. The van der Waals surface area contributed by atoms with E-state index in [9.17, 15) is 4.79 Å². The van der Waals surface area contributed by atoms with Crippen LogP contribution >= 0.6 is 0 Å². The van der Waals surface area contributed by atoms with E-state index in [1.807, 2.05) is 49.1 Å². The van der Waals surface area contributed by atoms with Crippen molar-refractivity contribution in [3.05, 3.63) is 71.3 Å². The van der Waals surface area contributed by atoms with Crippen LogP contribution in [0.4, 0.5) is 11.8 Å². The summed E-state index contributed by atoms with van der Waals surface area (Å²) < 4.78 is 5.63. The predicted molar refractivity (Wildman–Crippen MR) is 114 cm³/mol. The summed E-state index contributed by atoms with van der Waals surface area (Å²) in [5.41, 5.74) is 7.62. The van der Waals surface area contributed by atoms with Crippen LogP contribution in [0.1, 0.15) is 33.5 Å². The molecule has 2 saturated heterocycles. The molecule has 0 unspecified atom stereocenters. The molecular formula is C23H25N5O2. The Morgan fingerprint density at radius 2 is 1.93 bits per heavy atom. The molecular weight excluding hydrogens is 378 g/mol. The predicted octanol–water partition coefficient (Wildman–Crippen LogP) is 3.22. The van der Waals surface area contributed by atoms with Gasteiger partial charge in [0.2, 0.25) is 5.95 Å². The summed E-state index contributed by atoms with van der Waals surface area (Å²) in [6, 6.07) is 14.1. The fraction of sp³-hybridized carbons (Fsp3) is 0.348. The third-order valence-electron chi connectivity index (χ3n) is 6.32. The number of carbonyl (C=O) groups excluding carboxylic acids is 1. The van der Waals surface area contributed by atoms with E-state index in [0.717, 1.165) is 24.7 Å². The molecule has 5 rings (SSSR count). The number of likely N-dealkylation sites (tertiary alicyclic amines) is 1. The Labute approximate surface area is 175 Å². The lowest BCUT2D eigenvalue weighted by molar-refractivity contribution is 0.0714. The second kappa shape index (κ2) is 7.16. The number of benzene rings is 1. The zero-order valence-electron chi connectivity index (χ0n) is 17.2. The molecule has 0 bridgehead atoms. The van der Waals surface area contributed by atoms with Crippen LogP contribution in [0, 0.1) is 25.7 Å². The van der Waals surface area contributed by atoms with Crippen molar-refractivity contribution >= 4 is 17.7 Å². The Morgan fingerprint density at radius 3 is 2.63 bits per heavy atom. The van der Waals surface area contributed by atoms with Gasteiger partial charge in [0.15, 0.2) is 0 Å². The number of fused-ring (bicyclic) bond motifs is 1. The maximum Gasteiger partial charge on any atom is 0.257 e. The summed E-state index contributed by atoms with van der Waals surface area (Å²) in [4.78, 5) is 26.2. The molecule has 2 aromatic heterocycles. The molecule has 0 radical (unpaired) electrons. The van der Waals surface area contributed by atoms with E-state index < -0.39 is 0 Å². The van der Waals surface area contributed by atoms with Crippen molar-refractivity contribution in [3.63, 3.8) is 0 Å². The second-order valence-corrected chi connectivity index (χ2v) is 8.24. The Morgan fingerprint density at radius 1 is 1.13 bits per heavy atom. The molecule has 3 atom stereocenters. The lowest BCUT2D eigenvalue weighted by Crippen LogP contribution is -2.36. The van der Waals surface area contributed by atoms with Crippen molar-refractivity contribution in [1.82, 2.24) is 14.9 Å². The number of nitrogens with two attached hydrogens (primary N) is 1. The Hall–Kier alpha value is -3.35. The summed E-state index contributed by atoms with van der Waals surface area (Å²) in [7, 11) is 0. The zero-order valence-corrected chi connectivity index (χ0v) is 17.2. The topological polar surface area (TPSA) is 88.5 Å². The van der Waals surface area contributed by atoms with Gasteiger partial charge >= 0.3 is 0 Å². The first-order chi connectivity index (χ1) is 14.5.